The molecule has 1 aliphatic heterocycles. The summed E-state index contributed by atoms with van der Waals surface area (Å²) in [5, 5.41) is 7.71. The van der Waals surface area contributed by atoms with Crippen molar-refractivity contribution in [2.24, 2.45) is 4.99 Å². The second kappa shape index (κ2) is 12.6. The lowest BCUT2D eigenvalue weighted by Gasteiger charge is -2.36. The first-order valence-electron chi connectivity index (χ1n) is 10.1. The number of hydrogen-bond donors (Lipinski definition) is 1. The topological polar surface area (TPSA) is 67.2 Å². The summed E-state index contributed by atoms with van der Waals surface area (Å²) in [6.45, 7) is 6.50. The molecule has 0 aliphatic carbocycles. The molecule has 1 fully saturated rings. The van der Waals surface area contributed by atoms with E-state index in [-0.39, 0.29) is 24.0 Å². The first-order chi connectivity index (χ1) is 14.2. The van der Waals surface area contributed by atoms with E-state index in [0.717, 1.165) is 75.3 Å². The number of guanidine groups is 1. The van der Waals surface area contributed by atoms with Gasteiger partial charge in [0.2, 0.25) is 0 Å². The highest BCUT2D eigenvalue weighted by Crippen LogP contribution is 2.25. The predicted molar refractivity (Wildman–Crippen MR) is 130 cm³/mol. The molecule has 9 heteroatoms. The van der Waals surface area contributed by atoms with Crippen molar-refractivity contribution >= 4 is 29.9 Å². The molecule has 0 saturated carbocycles. The van der Waals surface area contributed by atoms with Crippen molar-refractivity contribution < 1.29 is 9.47 Å². The Labute approximate surface area is 196 Å². The quantitative estimate of drug-likeness (QED) is 0.246. The van der Waals surface area contributed by atoms with Crippen molar-refractivity contribution in [3.63, 3.8) is 0 Å². The van der Waals surface area contributed by atoms with Crippen LogP contribution in [0.4, 0.5) is 0 Å². The minimum absolute atomic E-state index is 0. The molecule has 3 rings (SSSR count). The molecule has 0 unspecified atom stereocenters. The van der Waals surface area contributed by atoms with Gasteiger partial charge in [0.05, 0.1) is 14.2 Å². The lowest BCUT2D eigenvalue weighted by atomic mass is 10.1. The summed E-state index contributed by atoms with van der Waals surface area (Å²) >= 11 is 0. The van der Waals surface area contributed by atoms with E-state index >= 15 is 0 Å². The number of aryl methyl sites for hydroxylation is 1. The Morgan fingerprint density at radius 1 is 1.17 bits per heavy atom. The van der Waals surface area contributed by atoms with Crippen LogP contribution in [0.3, 0.4) is 0 Å². The van der Waals surface area contributed by atoms with Crippen molar-refractivity contribution in [3.05, 3.63) is 42.2 Å². The zero-order chi connectivity index (χ0) is 20.5. The molecule has 1 N–H and O–H groups in total. The number of aromatic nitrogens is 2. The van der Waals surface area contributed by atoms with E-state index < -0.39 is 0 Å². The molecule has 0 radical (unpaired) electrons. The Morgan fingerprint density at radius 3 is 2.60 bits per heavy atom. The molecule has 1 aromatic heterocycles. The van der Waals surface area contributed by atoms with Gasteiger partial charge in [0.1, 0.15) is 11.5 Å². The molecule has 8 nitrogen and oxygen atoms in total. The number of methoxy groups -OCH3 is 2. The Bertz CT molecular complexity index is 776. The van der Waals surface area contributed by atoms with Gasteiger partial charge in [0.25, 0.3) is 0 Å². The normalized spacial score (nSPS) is 14.9. The average molecular weight is 528 g/mol. The molecule has 2 heterocycles. The van der Waals surface area contributed by atoms with Crippen LogP contribution in [0.2, 0.25) is 0 Å². The van der Waals surface area contributed by atoms with Crippen LogP contribution in [0.15, 0.2) is 41.7 Å². The van der Waals surface area contributed by atoms with Crippen LogP contribution in [-0.2, 0) is 13.1 Å². The summed E-state index contributed by atoms with van der Waals surface area (Å²) in [5.74, 6) is 2.74. The summed E-state index contributed by atoms with van der Waals surface area (Å²) in [6.07, 6.45) is 4.81. The van der Waals surface area contributed by atoms with Crippen molar-refractivity contribution in [3.8, 4) is 11.5 Å². The van der Waals surface area contributed by atoms with E-state index in [1.807, 2.05) is 42.3 Å². The summed E-state index contributed by atoms with van der Waals surface area (Å²) in [6, 6.07) is 7.92. The van der Waals surface area contributed by atoms with Gasteiger partial charge in [-0.25, -0.2) is 0 Å². The van der Waals surface area contributed by atoms with Crippen LogP contribution < -0.4 is 14.8 Å². The van der Waals surface area contributed by atoms with Gasteiger partial charge in [-0.2, -0.15) is 5.10 Å². The number of rotatable bonds is 8. The number of nitrogens with one attached hydrogen (secondary N) is 1. The second-order valence-electron chi connectivity index (χ2n) is 7.04. The van der Waals surface area contributed by atoms with Gasteiger partial charge in [0, 0.05) is 70.8 Å². The summed E-state index contributed by atoms with van der Waals surface area (Å²) in [5.41, 5.74) is 1.15. The maximum absolute atomic E-state index is 5.52. The predicted octanol–water partition coefficient (Wildman–Crippen LogP) is 2.30. The molecule has 0 spiro atoms. The molecule has 1 aromatic carbocycles. The highest BCUT2D eigenvalue weighted by atomic mass is 127. The van der Waals surface area contributed by atoms with Crippen LogP contribution in [-0.4, -0.2) is 79.5 Å². The van der Waals surface area contributed by atoms with E-state index in [2.05, 4.69) is 31.3 Å². The average Bonchev–Trinajstić information content (AvgIpc) is 3.28. The Kier molecular flexibility index (Phi) is 10.2. The van der Waals surface area contributed by atoms with E-state index in [1.165, 1.54) is 0 Å². The Hall–Kier alpha value is -2.01. The number of aliphatic imine (C=N–C) groups is 1. The number of nitrogens with zero attached hydrogens (tertiary/aromatic N) is 5. The highest BCUT2D eigenvalue weighted by molar-refractivity contribution is 14.0. The lowest BCUT2D eigenvalue weighted by Crippen LogP contribution is -2.52. The van der Waals surface area contributed by atoms with Gasteiger partial charge in [-0.05, 0) is 30.7 Å². The summed E-state index contributed by atoms with van der Waals surface area (Å²) in [7, 11) is 5.26. The molecule has 2 aromatic rings. The largest absolute Gasteiger partial charge is 0.497 e. The Morgan fingerprint density at radius 2 is 1.97 bits per heavy atom. The molecule has 1 aliphatic rings. The first kappa shape index (κ1) is 24.3. The molecule has 0 bridgehead atoms. The molecule has 166 valence electrons. The summed E-state index contributed by atoms with van der Waals surface area (Å²) < 4.78 is 12.8. The van der Waals surface area contributed by atoms with Gasteiger partial charge < -0.3 is 19.7 Å². The van der Waals surface area contributed by atoms with Gasteiger partial charge in [-0.3, -0.25) is 14.6 Å². The number of halogens is 1. The van der Waals surface area contributed by atoms with Crippen LogP contribution in [0.5, 0.6) is 11.5 Å². The lowest BCUT2D eigenvalue weighted by molar-refractivity contribution is 0.171. The van der Waals surface area contributed by atoms with Crippen molar-refractivity contribution in [1.29, 1.82) is 0 Å². The fourth-order valence-corrected chi connectivity index (χ4v) is 3.57. The fraction of sp³-hybridized carbons (Fsp3) is 0.524. The maximum atomic E-state index is 5.52. The standard InChI is InChI=1S/C21H32N6O2.HI/c1-22-21(23-8-4-10-27-11-5-9-24-27)26-14-12-25(13-15-26)17-18-16-19(28-2)6-7-20(18)29-3;/h5-7,9,11,16H,4,8,10,12-15,17H2,1-3H3,(H,22,23);1H. The smallest absolute Gasteiger partial charge is 0.193 e. The third-order valence-electron chi connectivity index (χ3n) is 5.17. The van der Waals surface area contributed by atoms with Crippen LogP contribution in [0.1, 0.15) is 12.0 Å². The SMILES string of the molecule is CN=C(NCCCn1cccn1)N1CCN(Cc2cc(OC)ccc2OC)CC1.I. The van der Waals surface area contributed by atoms with Gasteiger partial charge in [-0.1, -0.05) is 0 Å². The van der Waals surface area contributed by atoms with Crippen LogP contribution in [0.25, 0.3) is 0 Å². The number of ether oxygens (including phenoxy) is 2. The van der Waals surface area contributed by atoms with Crippen molar-refractivity contribution in [2.75, 3.05) is 54.0 Å². The molecule has 0 atom stereocenters. The fourth-order valence-electron chi connectivity index (χ4n) is 3.57. The van der Waals surface area contributed by atoms with Gasteiger partial charge >= 0.3 is 0 Å². The zero-order valence-corrected chi connectivity index (χ0v) is 20.4. The van der Waals surface area contributed by atoms with Crippen LogP contribution in [0, 0.1) is 0 Å². The minimum Gasteiger partial charge on any atom is -0.497 e. The maximum Gasteiger partial charge on any atom is 0.193 e. The van der Waals surface area contributed by atoms with E-state index in [0.29, 0.717) is 0 Å². The number of hydrogen-bond acceptors (Lipinski definition) is 5. The minimum atomic E-state index is 0. The van der Waals surface area contributed by atoms with E-state index in [4.69, 9.17) is 9.47 Å². The van der Waals surface area contributed by atoms with E-state index in [9.17, 15) is 0 Å². The monoisotopic (exact) mass is 528 g/mol. The van der Waals surface area contributed by atoms with E-state index in [1.54, 1.807) is 14.2 Å². The molecule has 0 amide bonds. The molecule has 1 saturated heterocycles. The number of piperazine rings is 1. The zero-order valence-electron chi connectivity index (χ0n) is 18.1. The van der Waals surface area contributed by atoms with Crippen LogP contribution >= 0.6 is 24.0 Å². The van der Waals surface area contributed by atoms with Gasteiger partial charge in [-0.15, -0.1) is 24.0 Å². The third-order valence-corrected chi connectivity index (χ3v) is 5.17. The highest BCUT2D eigenvalue weighted by Gasteiger charge is 2.20. The van der Waals surface area contributed by atoms with Crippen molar-refractivity contribution in [1.82, 2.24) is 24.9 Å². The van der Waals surface area contributed by atoms with Gasteiger partial charge in [0.15, 0.2) is 5.96 Å². The first-order valence-corrected chi connectivity index (χ1v) is 10.1. The van der Waals surface area contributed by atoms with Crippen molar-refractivity contribution in [2.45, 2.75) is 19.5 Å². The third kappa shape index (κ3) is 6.76. The number of benzene rings is 1. The molecular weight excluding hydrogens is 495 g/mol. The molecular formula is C21H33IN6O2. The second-order valence-corrected chi connectivity index (χ2v) is 7.04. The Balaban J connectivity index is 0.00000320. The molecule has 30 heavy (non-hydrogen) atoms. The summed E-state index contributed by atoms with van der Waals surface area (Å²) in [4.78, 5) is 9.23.